The Bertz CT molecular complexity index is 1470. The predicted octanol–water partition coefficient (Wildman–Crippen LogP) is 3.50. The van der Waals surface area contributed by atoms with Gasteiger partial charge in [-0.15, -0.1) is 0 Å². The van der Waals surface area contributed by atoms with Gasteiger partial charge in [-0.1, -0.05) is 36.4 Å². The first-order valence-electron chi connectivity index (χ1n) is 12.1. The van der Waals surface area contributed by atoms with E-state index < -0.39 is 10.0 Å². The highest BCUT2D eigenvalue weighted by Crippen LogP contribution is 2.26. The zero-order chi connectivity index (χ0) is 25.1. The van der Waals surface area contributed by atoms with Crippen molar-refractivity contribution in [3.63, 3.8) is 0 Å². The largest absolute Gasteiger partial charge is 0.294 e. The number of pyridine rings is 2. The van der Waals surface area contributed by atoms with E-state index in [1.807, 2.05) is 37.3 Å². The molecule has 1 N–H and O–H groups in total. The van der Waals surface area contributed by atoms with Crippen molar-refractivity contribution in [1.29, 1.82) is 0 Å². The number of H-pyrrole nitrogens is 1. The van der Waals surface area contributed by atoms with Crippen molar-refractivity contribution in [3.8, 4) is 5.82 Å². The number of nitrogens with one attached hydrogen (secondary N) is 1. The fraction of sp³-hybridized carbons (Fsp3) is 0.296. The molecule has 36 heavy (non-hydrogen) atoms. The Hall–Kier alpha value is -3.56. The highest BCUT2D eigenvalue weighted by atomic mass is 32.2. The van der Waals surface area contributed by atoms with Gasteiger partial charge in [0, 0.05) is 49.4 Å². The molecule has 1 aliphatic rings. The SMILES string of the molecule is Cc1[nH]n(-c2ccc(S(=O)(=O)N3CCC(Cc4ccccc4)CC3)cn2)c(=O)c1Cc1cccnc1. The molecular formula is C27H29N5O3S. The van der Waals surface area contributed by atoms with Gasteiger partial charge in [0.1, 0.15) is 4.90 Å². The van der Waals surface area contributed by atoms with Gasteiger partial charge in [-0.05, 0) is 61.4 Å². The molecule has 0 saturated carbocycles. The third-order valence-corrected chi connectivity index (χ3v) is 8.71. The normalized spacial score (nSPS) is 15.2. The maximum atomic E-state index is 13.2. The fourth-order valence-electron chi connectivity index (χ4n) is 4.77. The van der Waals surface area contributed by atoms with Crippen LogP contribution < -0.4 is 5.56 Å². The molecule has 1 saturated heterocycles. The maximum Gasteiger partial charge on any atom is 0.276 e. The molecule has 0 radical (unpaired) electrons. The van der Waals surface area contributed by atoms with Gasteiger partial charge < -0.3 is 0 Å². The van der Waals surface area contributed by atoms with Crippen LogP contribution in [0.25, 0.3) is 5.82 Å². The van der Waals surface area contributed by atoms with Gasteiger partial charge in [0.05, 0.1) is 0 Å². The minimum Gasteiger partial charge on any atom is -0.294 e. The summed E-state index contributed by atoms with van der Waals surface area (Å²) in [5, 5.41) is 3.06. The van der Waals surface area contributed by atoms with E-state index in [1.165, 1.54) is 22.5 Å². The summed E-state index contributed by atoms with van der Waals surface area (Å²) in [5.74, 6) is 0.823. The van der Waals surface area contributed by atoms with Crippen molar-refractivity contribution in [2.75, 3.05) is 13.1 Å². The van der Waals surface area contributed by atoms with Crippen LogP contribution in [0.1, 0.15) is 35.2 Å². The summed E-state index contributed by atoms with van der Waals surface area (Å²) in [6, 6.07) is 17.2. The van der Waals surface area contributed by atoms with Gasteiger partial charge in [0.15, 0.2) is 5.82 Å². The molecule has 5 rings (SSSR count). The number of hydrogen-bond donors (Lipinski definition) is 1. The third kappa shape index (κ3) is 5.03. The van der Waals surface area contributed by atoms with Gasteiger partial charge in [-0.25, -0.2) is 18.1 Å². The van der Waals surface area contributed by atoms with Crippen LogP contribution in [0, 0.1) is 12.8 Å². The van der Waals surface area contributed by atoms with E-state index in [0.717, 1.165) is 30.5 Å². The lowest BCUT2D eigenvalue weighted by atomic mass is 9.91. The minimum absolute atomic E-state index is 0.139. The molecule has 9 heteroatoms. The van der Waals surface area contributed by atoms with Gasteiger partial charge in [-0.3, -0.25) is 14.9 Å². The lowest BCUT2D eigenvalue weighted by molar-refractivity contribution is 0.273. The summed E-state index contributed by atoms with van der Waals surface area (Å²) in [5.41, 5.74) is 3.38. The summed E-state index contributed by atoms with van der Waals surface area (Å²) >= 11 is 0. The van der Waals surface area contributed by atoms with E-state index in [-0.39, 0.29) is 10.5 Å². The topological polar surface area (TPSA) is 101 Å². The van der Waals surface area contributed by atoms with Gasteiger partial charge in [-0.2, -0.15) is 4.31 Å². The van der Waals surface area contributed by atoms with Crippen LogP contribution in [-0.4, -0.2) is 45.6 Å². The summed E-state index contributed by atoms with van der Waals surface area (Å²) in [6.45, 7) is 2.83. The Kier molecular flexibility index (Phi) is 6.84. The highest BCUT2D eigenvalue weighted by molar-refractivity contribution is 7.89. The number of hydrogen-bond acceptors (Lipinski definition) is 5. The quantitative estimate of drug-likeness (QED) is 0.416. The van der Waals surface area contributed by atoms with Crippen molar-refractivity contribution < 1.29 is 8.42 Å². The first-order valence-corrected chi connectivity index (χ1v) is 13.6. The molecule has 0 bridgehead atoms. The van der Waals surface area contributed by atoms with E-state index in [1.54, 1.807) is 22.8 Å². The second kappa shape index (κ2) is 10.2. The molecular weight excluding hydrogens is 474 g/mol. The maximum absolute atomic E-state index is 13.2. The van der Waals surface area contributed by atoms with E-state index in [9.17, 15) is 13.2 Å². The van der Waals surface area contributed by atoms with Crippen LogP contribution in [-0.2, 0) is 22.9 Å². The molecule has 4 heterocycles. The molecule has 1 fully saturated rings. The van der Waals surface area contributed by atoms with Crippen LogP contribution in [0.3, 0.4) is 0 Å². The Morgan fingerprint density at radius 2 is 1.72 bits per heavy atom. The molecule has 0 spiro atoms. The monoisotopic (exact) mass is 503 g/mol. The van der Waals surface area contributed by atoms with Crippen LogP contribution >= 0.6 is 0 Å². The van der Waals surface area contributed by atoms with E-state index in [2.05, 4.69) is 27.2 Å². The number of piperidine rings is 1. The standard InChI is InChI=1S/C27H29N5O3S/c1-20-25(17-23-8-5-13-28-18-23)27(33)32(30-20)26-10-9-24(19-29-26)36(34,35)31-14-11-22(12-15-31)16-21-6-3-2-4-7-21/h2-10,13,18-19,22,30H,11-12,14-17H2,1H3. The molecule has 3 aromatic heterocycles. The number of aromatic amines is 1. The fourth-order valence-corrected chi connectivity index (χ4v) is 6.18. The van der Waals surface area contributed by atoms with Crippen LogP contribution in [0.15, 0.2) is 82.9 Å². The number of nitrogens with zero attached hydrogens (tertiary/aromatic N) is 4. The molecule has 186 valence electrons. The number of aromatic nitrogens is 4. The number of rotatable bonds is 7. The van der Waals surface area contributed by atoms with Crippen molar-refractivity contribution >= 4 is 10.0 Å². The van der Waals surface area contributed by atoms with Crippen LogP contribution in [0.5, 0.6) is 0 Å². The Morgan fingerprint density at radius 1 is 0.972 bits per heavy atom. The smallest absolute Gasteiger partial charge is 0.276 e. The molecule has 1 aliphatic heterocycles. The molecule has 0 aliphatic carbocycles. The summed E-state index contributed by atoms with van der Waals surface area (Å²) in [6.07, 6.45) is 7.85. The molecule has 0 amide bonds. The summed E-state index contributed by atoms with van der Waals surface area (Å²) in [4.78, 5) is 21.6. The average Bonchev–Trinajstić information content (AvgIpc) is 3.19. The summed E-state index contributed by atoms with van der Waals surface area (Å²) in [7, 11) is -3.64. The molecule has 4 aromatic rings. The number of benzene rings is 1. The molecule has 8 nitrogen and oxygen atoms in total. The lowest BCUT2D eigenvalue weighted by Crippen LogP contribution is -2.38. The first-order chi connectivity index (χ1) is 17.4. The third-order valence-electron chi connectivity index (χ3n) is 6.83. The Balaban J connectivity index is 1.28. The van der Waals surface area contributed by atoms with E-state index >= 15 is 0 Å². The van der Waals surface area contributed by atoms with Crippen LogP contribution in [0.4, 0.5) is 0 Å². The van der Waals surface area contributed by atoms with Crippen molar-refractivity contribution in [1.82, 2.24) is 24.1 Å². The number of aryl methyl sites for hydroxylation is 1. The Morgan fingerprint density at radius 3 is 2.39 bits per heavy atom. The zero-order valence-electron chi connectivity index (χ0n) is 20.2. The zero-order valence-corrected chi connectivity index (χ0v) is 21.0. The van der Waals surface area contributed by atoms with Crippen molar-refractivity contribution in [2.24, 2.45) is 5.92 Å². The van der Waals surface area contributed by atoms with Gasteiger partial charge >= 0.3 is 0 Å². The predicted molar refractivity (Wildman–Crippen MR) is 138 cm³/mol. The van der Waals surface area contributed by atoms with Crippen molar-refractivity contribution in [2.45, 2.75) is 37.5 Å². The Labute approximate surface area is 210 Å². The minimum atomic E-state index is -3.64. The lowest BCUT2D eigenvalue weighted by Gasteiger charge is -2.31. The second-order valence-corrected chi connectivity index (χ2v) is 11.2. The van der Waals surface area contributed by atoms with Gasteiger partial charge in [0.25, 0.3) is 5.56 Å². The molecule has 0 unspecified atom stereocenters. The van der Waals surface area contributed by atoms with E-state index in [0.29, 0.717) is 36.8 Å². The first kappa shape index (κ1) is 24.1. The highest BCUT2D eigenvalue weighted by Gasteiger charge is 2.30. The van der Waals surface area contributed by atoms with Crippen LogP contribution in [0.2, 0.25) is 0 Å². The van der Waals surface area contributed by atoms with E-state index in [4.69, 9.17) is 0 Å². The van der Waals surface area contributed by atoms with Gasteiger partial charge in [0.2, 0.25) is 10.0 Å². The summed E-state index contributed by atoms with van der Waals surface area (Å²) < 4.78 is 29.4. The average molecular weight is 504 g/mol. The molecule has 1 aromatic carbocycles. The van der Waals surface area contributed by atoms with Crippen molar-refractivity contribution in [3.05, 3.63) is 106 Å². The second-order valence-electron chi connectivity index (χ2n) is 9.28. The number of sulfonamides is 1. The molecule has 0 atom stereocenters.